The van der Waals surface area contributed by atoms with Crippen molar-refractivity contribution in [1.29, 1.82) is 0 Å². The molecule has 0 saturated carbocycles. The van der Waals surface area contributed by atoms with Crippen LogP contribution in [0.3, 0.4) is 0 Å². The first-order chi connectivity index (χ1) is 8.97. The van der Waals surface area contributed by atoms with Gasteiger partial charge in [-0.05, 0) is 13.0 Å². The molecular weight excluding hydrogens is 270 g/mol. The molecule has 2 rings (SSSR count). The smallest absolute Gasteiger partial charge is 0.397 e. The highest BCUT2D eigenvalue weighted by Crippen LogP contribution is 2.27. The van der Waals surface area contributed by atoms with Gasteiger partial charge in [-0.15, -0.1) is 0 Å². The molecule has 9 heteroatoms. The highest BCUT2D eigenvalue weighted by Gasteiger charge is 2.16. The lowest BCUT2D eigenvalue weighted by Gasteiger charge is -2.09. The summed E-state index contributed by atoms with van der Waals surface area (Å²) in [4.78, 5) is 20.2. The number of nitro groups is 1. The zero-order valence-corrected chi connectivity index (χ0v) is 11.3. The van der Waals surface area contributed by atoms with Crippen LogP contribution in [0.25, 0.3) is 11.6 Å². The number of furan rings is 1. The van der Waals surface area contributed by atoms with Crippen molar-refractivity contribution in [3.05, 3.63) is 22.2 Å². The molecule has 0 atom stereocenters. The molecule has 2 aromatic rings. The molecule has 0 amide bonds. The van der Waals surface area contributed by atoms with Crippen molar-refractivity contribution in [2.24, 2.45) is 4.99 Å². The summed E-state index contributed by atoms with van der Waals surface area (Å²) in [7, 11) is 3.74. The second-order valence-electron chi connectivity index (χ2n) is 3.85. The van der Waals surface area contributed by atoms with E-state index in [9.17, 15) is 10.1 Å². The molecule has 0 aliphatic carbocycles. The maximum atomic E-state index is 10.5. The van der Waals surface area contributed by atoms with Gasteiger partial charge in [0.2, 0.25) is 11.0 Å². The summed E-state index contributed by atoms with van der Waals surface area (Å²) in [5, 5.41) is 11.0. The predicted octanol–water partition coefficient (Wildman–Crippen LogP) is 2.32. The zero-order chi connectivity index (χ0) is 14.0. The van der Waals surface area contributed by atoms with Crippen LogP contribution >= 0.6 is 11.5 Å². The molecule has 0 aliphatic rings. The quantitative estimate of drug-likeness (QED) is 0.370. The van der Waals surface area contributed by atoms with Crippen molar-refractivity contribution in [1.82, 2.24) is 14.3 Å². The number of nitrogens with zero attached hydrogens (tertiary/aromatic N) is 5. The molecule has 0 radical (unpaired) electrons. The highest BCUT2D eigenvalue weighted by molar-refractivity contribution is 7.09. The van der Waals surface area contributed by atoms with Gasteiger partial charge < -0.3 is 9.32 Å². The van der Waals surface area contributed by atoms with E-state index in [2.05, 4.69) is 14.3 Å². The van der Waals surface area contributed by atoms with Crippen LogP contribution in [0.4, 0.5) is 11.0 Å². The minimum Gasteiger partial charge on any atom is -0.397 e. The van der Waals surface area contributed by atoms with Gasteiger partial charge in [0.1, 0.15) is 10.8 Å². The van der Waals surface area contributed by atoms with Crippen molar-refractivity contribution in [2.45, 2.75) is 6.92 Å². The fourth-order valence-corrected chi connectivity index (χ4v) is 1.74. The van der Waals surface area contributed by atoms with Crippen LogP contribution in [0.2, 0.25) is 0 Å². The average Bonchev–Trinajstić information content (AvgIpc) is 2.95. The molecule has 0 fully saturated rings. The number of aliphatic imine (C=N–C) groups is 1. The zero-order valence-electron chi connectivity index (χ0n) is 10.5. The van der Waals surface area contributed by atoms with E-state index < -0.39 is 4.92 Å². The summed E-state index contributed by atoms with van der Waals surface area (Å²) < 4.78 is 9.08. The fourth-order valence-electron chi connectivity index (χ4n) is 1.15. The second-order valence-corrected chi connectivity index (χ2v) is 4.58. The number of aromatic nitrogens is 2. The standard InChI is InChI=1S/C10H11N5O3S/c1-6(14(2)3)11-10-12-9(13-19-10)7-4-5-8(18-7)15(16)17/h4-5H,1-3H3. The lowest BCUT2D eigenvalue weighted by molar-refractivity contribution is -0.401. The molecule has 0 bridgehead atoms. The first-order valence-electron chi connectivity index (χ1n) is 5.28. The van der Waals surface area contributed by atoms with Gasteiger partial charge in [-0.3, -0.25) is 10.1 Å². The third kappa shape index (κ3) is 2.94. The molecule has 0 aromatic carbocycles. The minimum atomic E-state index is -0.606. The van der Waals surface area contributed by atoms with Gasteiger partial charge in [-0.2, -0.15) is 9.36 Å². The van der Waals surface area contributed by atoms with Gasteiger partial charge in [0.05, 0.1) is 6.07 Å². The molecule has 2 aromatic heterocycles. The van der Waals surface area contributed by atoms with E-state index in [-0.39, 0.29) is 11.6 Å². The molecule has 0 spiro atoms. The average molecular weight is 281 g/mol. The Balaban J connectivity index is 2.25. The molecule has 0 unspecified atom stereocenters. The predicted molar refractivity (Wildman–Crippen MR) is 70.7 cm³/mol. The van der Waals surface area contributed by atoms with Crippen molar-refractivity contribution in [3.63, 3.8) is 0 Å². The van der Waals surface area contributed by atoms with E-state index in [0.717, 1.165) is 17.4 Å². The Hall–Kier alpha value is -2.29. The lowest BCUT2D eigenvalue weighted by atomic mass is 10.4. The maximum Gasteiger partial charge on any atom is 0.433 e. The van der Waals surface area contributed by atoms with Crippen LogP contribution in [-0.2, 0) is 0 Å². The number of amidine groups is 1. The second kappa shape index (κ2) is 5.14. The van der Waals surface area contributed by atoms with E-state index in [4.69, 9.17) is 4.42 Å². The normalized spacial score (nSPS) is 11.6. The molecule has 0 N–H and O–H groups in total. The lowest BCUT2D eigenvalue weighted by Crippen LogP contribution is -2.17. The van der Waals surface area contributed by atoms with Crippen LogP contribution in [0.15, 0.2) is 21.5 Å². The van der Waals surface area contributed by atoms with Crippen molar-refractivity contribution in [2.75, 3.05) is 14.1 Å². The van der Waals surface area contributed by atoms with Gasteiger partial charge in [0.15, 0.2) is 5.76 Å². The van der Waals surface area contributed by atoms with E-state index in [1.165, 1.54) is 12.1 Å². The van der Waals surface area contributed by atoms with Gasteiger partial charge in [-0.1, -0.05) is 0 Å². The van der Waals surface area contributed by atoms with Gasteiger partial charge in [0.25, 0.3) is 0 Å². The topological polar surface area (TPSA) is 97.7 Å². The van der Waals surface area contributed by atoms with Crippen LogP contribution in [-0.4, -0.2) is 39.1 Å². The molecule has 8 nitrogen and oxygen atoms in total. The van der Waals surface area contributed by atoms with E-state index in [1.807, 2.05) is 25.9 Å². The van der Waals surface area contributed by atoms with Crippen LogP contribution in [0.5, 0.6) is 0 Å². The Morgan fingerprint density at radius 1 is 1.53 bits per heavy atom. The largest absolute Gasteiger partial charge is 0.433 e. The Labute approximate surface area is 112 Å². The summed E-state index contributed by atoms with van der Waals surface area (Å²) in [6, 6.07) is 2.73. The first kappa shape index (κ1) is 13.1. The highest BCUT2D eigenvalue weighted by atomic mass is 32.1. The SMILES string of the molecule is CC(=Nc1nc(-c2ccc([N+](=O)[O-])o2)ns1)N(C)C. The van der Waals surface area contributed by atoms with E-state index in [0.29, 0.717) is 11.0 Å². The van der Waals surface area contributed by atoms with Gasteiger partial charge in [-0.25, -0.2) is 4.99 Å². The maximum absolute atomic E-state index is 10.5. The first-order valence-corrected chi connectivity index (χ1v) is 6.05. The van der Waals surface area contributed by atoms with Crippen LogP contribution in [0.1, 0.15) is 6.92 Å². The summed E-state index contributed by atoms with van der Waals surface area (Å²) in [6.07, 6.45) is 0. The number of hydrogen-bond acceptors (Lipinski definition) is 7. The molecule has 2 heterocycles. The van der Waals surface area contributed by atoms with Crippen molar-refractivity contribution < 1.29 is 9.34 Å². The molecular formula is C10H11N5O3S. The third-order valence-electron chi connectivity index (χ3n) is 2.31. The van der Waals surface area contributed by atoms with Crippen LogP contribution in [0, 0.1) is 10.1 Å². The minimum absolute atomic E-state index is 0.256. The molecule has 100 valence electrons. The molecule has 0 saturated heterocycles. The summed E-state index contributed by atoms with van der Waals surface area (Å²) >= 11 is 1.10. The summed E-state index contributed by atoms with van der Waals surface area (Å²) in [5.74, 6) is 1.00. The Kier molecular flexibility index (Phi) is 3.56. The molecule has 19 heavy (non-hydrogen) atoms. The van der Waals surface area contributed by atoms with E-state index in [1.54, 1.807) is 0 Å². The monoisotopic (exact) mass is 281 g/mol. The molecule has 0 aliphatic heterocycles. The third-order valence-corrected chi connectivity index (χ3v) is 2.92. The number of hydrogen-bond donors (Lipinski definition) is 0. The summed E-state index contributed by atoms with van der Waals surface area (Å²) in [5.41, 5.74) is 0. The Morgan fingerprint density at radius 3 is 2.84 bits per heavy atom. The van der Waals surface area contributed by atoms with E-state index >= 15 is 0 Å². The summed E-state index contributed by atoms with van der Waals surface area (Å²) in [6.45, 7) is 1.85. The van der Waals surface area contributed by atoms with Crippen molar-refractivity contribution >= 4 is 28.4 Å². The van der Waals surface area contributed by atoms with Gasteiger partial charge >= 0.3 is 5.88 Å². The van der Waals surface area contributed by atoms with Crippen LogP contribution < -0.4 is 0 Å². The van der Waals surface area contributed by atoms with Gasteiger partial charge in [0, 0.05) is 25.6 Å². The Bertz CT molecular complexity index is 631. The van der Waals surface area contributed by atoms with Crippen molar-refractivity contribution in [3.8, 4) is 11.6 Å². The Morgan fingerprint density at radius 2 is 2.26 bits per heavy atom. The number of rotatable bonds is 3. The fraction of sp³-hybridized carbons (Fsp3) is 0.300.